The van der Waals surface area contributed by atoms with E-state index in [0.717, 1.165) is 51.7 Å². The number of piperidine rings is 2. The van der Waals surface area contributed by atoms with Gasteiger partial charge in [0.05, 0.1) is 0 Å². The number of thiocarbonyl (C=S) groups is 2. The van der Waals surface area contributed by atoms with Crippen LogP contribution in [0.5, 0.6) is 5.75 Å². The van der Waals surface area contributed by atoms with Crippen molar-refractivity contribution in [3.8, 4) is 5.75 Å². The molecule has 0 aromatic heterocycles. The van der Waals surface area contributed by atoms with Crippen LogP contribution in [0.15, 0.2) is 12.1 Å². The molecule has 0 spiro atoms. The molecule has 0 bridgehead atoms. The second-order valence-electron chi connectivity index (χ2n) is 9.61. The molecule has 31 heavy (non-hydrogen) atoms. The third-order valence-electron chi connectivity index (χ3n) is 6.00. The standard InChI is InChI=1S/C24H36N2OS4/c1-24(2,3)20-15-18(16-30-22(28)25-10-6-4-7-11-25)14-19(21(20)27)17-31-23(29)26-12-8-5-9-13-26/h14-15,27H,4-13,16-17H2,1-3H3. The van der Waals surface area contributed by atoms with Gasteiger partial charge in [0, 0.05) is 43.2 Å². The van der Waals surface area contributed by atoms with E-state index in [0.29, 0.717) is 11.5 Å². The van der Waals surface area contributed by atoms with Crippen LogP contribution in [0.4, 0.5) is 0 Å². The van der Waals surface area contributed by atoms with Gasteiger partial charge in [-0.25, -0.2) is 0 Å². The number of hydrogen-bond acceptors (Lipinski definition) is 5. The van der Waals surface area contributed by atoms with Crippen molar-refractivity contribution in [3.63, 3.8) is 0 Å². The number of phenolic OH excluding ortho intramolecular Hbond substituents is 1. The Morgan fingerprint density at radius 2 is 1.32 bits per heavy atom. The molecular formula is C24H36N2OS4. The van der Waals surface area contributed by atoms with E-state index in [4.69, 9.17) is 24.4 Å². The molecule has 3 nitrogen and oxygen atoms in total. The molecule has 0 unspecified atom stereocenters. The fourth-order valence-electron chi connectivity index (χ4n) is 4.15. The highest BCUT2D eigenvalue weighted by Gasteiger charge is 2.23. The summed E-state index contributed by atoms with van der Waals surface area (Å²) in [5.41, 5.74) is 3.10. The first-order valence-electron chi connectivity index (χ1n) is 11.4. The predicted molar refractivity (Wildman–Crippen MR) is 145 cm³/mol. The summed E-state index contributed by atoms with van der Waals surface area (Å²) in [6.07, 6.45) is 7.56. The van der Waals surface area contributed by atoms with Crippen LogP contribution in [-0.2, 0) is 16.9 Å². The molecule has 7 heteroatoms. The first-order chi connectivity index (χ1) is 14.8. The minimum atomic E-state index is -0.120. The number of phenols is 1. The van der Waals surface area contributed by atoms with Gasteiger partial charge in [-0.2, -0.15) is 0 Å². The SMILES string of the molecule is CC(C)(C)c1cc(CSC(=S)N2CCCCC2)cc(CSC(=S)N2CCCCC2)c1O. The minimum Gasteiger partial charge on any atom is -0.507 e. The molecule has 2 saturated heterocycles. The lowest BCUT2D eigenvalue weighted by Gasteiger charge is -2.29. The van der Waals surface area contributed by atoms with Crippen molar-refractivity contribution in [1.29, 1.82) is 0 Å². The molecule has 172 valence electrons. The zero-order valence-corrected chi connectivity index (χ0v) is 22.4. The number of rotatable bonds is 4. The van der Waals surface area contributed by atoms with Crippen molar-refractivity contribution >= 4 is 56.6 Å². The van der Waals surface area contributed by atoms with Crippen LogP contribution in [0.1, 0.15) is 76.0 Å². The third-order valence-corrected chi connectivity index (χ3v) is 9.17. The van der Waals surface area contributed by atoms with Crippen molar-refractivity contribution < 1.29 is 5.11 Å². The maximum atomic E-state index is 11.0. The average molecular weight is 497 g/mol. The Kier molecular flexibility index (Phi) is 9.38. The van der Waals surface area contributed by atoms with E-state index in [2.05, 4.69) is 42.7 Å². The van der Waals surface area contributed by atoms with E-state index < -0.39 is 0 Å². The zero-order valence-electron chi connectivity index (χ0n) is 19.1. The normalized spacial score (nSPS) is 17.6. The summed E-state index contributed by atoms with van der Waals surface area (Å²) in [4.78, 5) is 4.67. The smallest absolute Gasteiger partial charge is 0.136 e. The summed E-state index contributed by atoms with van der Waals surface area (Å²) >= 11 is 14.8. The molecule has 1 aromatic carbocycles. The highest BCUT2D eigenvalue weighted by molar-refractivity contribution is 8.22. The molecule has 0 radical (unpaired) electrons. The lowest BCUT2D eigenvalue weighted by Crippen LogP contribution is -2.32. The Labute approximate surface area is 207 Å². The largest absolute Gasteiger partial charge is 0.507 e. The number of likely N-dealkylation sites (tertiary alicyclic amines) is 2. The monoisotopic (exact) mass is 496 g/mol. The van der Waals surface area contributed by atoms with Gasteiger partial charge in [0.15, 0.2) is 0 Å². The number of hydrogen-bond donors (Lipinski definition) is 1. The van der Waals surface area contributed by atoms with Crippen molar-refractivity contribution in [3.05, 3.63) is 28.8 Å². The van der Waals surface area contributed by atoms with E-state index in [-0.39, 0.29) is 5.41 Å². The van der Waals surface area contributed by atoms with Crippen LogP contribution >= 0.6 is 48.0 Å². The Morgan fingerprint density at radius 1 is 0.839 bits per heavy atom. The van der Waals surface area contributed by atoms with E-state index in [1.54, 1.807) is 23.5 Å². The topological polar surface area (TPSA) is 26.7 Å². The quantitative estimate of drug-likeness (QED) is 0.464. The van der Waals surface area contributed by atoms with E-state index in [1.807, 2.05) is 0 Å². The van der Waals surface area contributed by atoms with Gasteiger partial charge in [0.1, 0.15) is 14.4 Å². The van der Waals surface area contributed by atoms with Gasteiger partial charge in [0.25, 0.3) is 0 Å². The Bertz CT molecular complexity index is 779. The van der Waals surface area contributed by atoms with Gasteiger partial charge in [-0.15, -0.1) is 0 Å². The third kappa shape index (κ3) is 7.24. The first-order valence-corrected chi connectivity index (χ1v) is 14.2. The lowest BCUT2D eigenvalue weighted by atomic mass is 9.84. The predicted octanol–water partition coefficient (Wildman–Crippen LogP) is 6.70. The van der Waals surface area contributed by atoms with Crippen molar-refractivity contribution in [2.24, 2.45) is 0 Å². The second-order valence-corrected chi connectivity index (χ2v) is 12.8. The van der Waals surface area contributed by atoms with Crippen LogP contribution in [0, 0.1) is 0 Å². The van der Waals surface area contributed by atoms with Gasteiger partial charge in [0.2, 0.25) is 0 Å². The summed E-state index contributed by atoms with van der Waals surface area (Å²) in [6.45, 7) is 10.8. The van der Waals surface area contributed by atoms with E-state index in [9.17, 15) is 5.11 Å². The molecule has 2 fully saturated rings. The number of aromatic hydroxyl groups is 1. The Balaban J connectivity index is 1.70. The maximum absolute atomic E-state index is 11.0. The average Bonchev–Trinajstić information content (AvgIpc) is 2.77. The second kappa shape index (κ2) is 11.6. The van der Waals surface area contributed by atoms with Crippen molar-refractivity contribution in [2.75, 3.05) is 26.2 Å². The first kappa shape index (κ1) is 25.1. The van der Waals surface area contributed by atoms with Gasteiger partial charge >= 0.3 is 0 Å². The molecule has 1 N–H and O–H groups in total. The number of thioether (sulfide) groups is 2. The van der Waals surface area contributed by atoms with Crippen LogP contribution in [0.25, 0.3) is 0 Å². The minimum absolute atomic E-state index is 0.120. The summed E-state index contributed by atoms with van der Waals surface area (Å²) in [6, 6.07) is 4.32. The van der Waals surface area contributed by atoms with Crippen LogP contribution in [0.3, 0.4) is 0 Å². The zero-order chi connectivity index (χ0) is 22.4. The summed E-state index contributed by atoms with van der Waals surface area (Å²) < 4.78 is 1.97. The molecule has 2 aliphatic rings. The van der Waals surface area contributed by atoms with E-state index in [1.165, 1.54) is 44.1 Å². The molecule has 0 atom stereocenters. The molecule has 3 rings (SSSR count). The lowest BCUT2D eigenvalue weighted by molar-refractivity contribution is 0.352. The summed E-state index contributed by atoms with van der Waals surface area (Å²) in [5.74, 6) is 1.97. The van der Waals surface area contributed by atoms with Crippen molar-refractivity contribution in [1.82, 2.24) is 9.80 Å². The molecule has 2 heterocycles. The van der Waals surface area contributed by atoms with Crippen LogP contribution < -0.4 is 0 Å². The maximum Gasteiger partial charge on any atom is 0.136 e. The van der Waals surface area contributed by atoms with Gasteiger partial charge in [-0.3, -0.25) is 0 Å². The molecular weight excluding hydrogens is 461 g/mol. The van der Waals surface area contributed by atoms with Gasteiger partial charge in [-0.05, 0) is 55.1 Å². The molecule has 0 aliphatic carbocycles. The van der Waals surface area contributed by atoms with Crippen LogP contribution in [-0.4, -0.2) is 49.7 Å². The fourth-order valence-corrected chi connectivity index (χ4v) is 6.55. The highest BCUT2D eigenvalue weighted by Crippen LogP contribution is 2.37. The number of nitrogens with zero attached hydrogens (tertiary/aromatic N) is 2. The Morgan fingerprint density at radius 3 is 1.81 bits per heavy atom. The van der Waals surface area contributed by atoms with Crippen molar-refractivity contribution in [2.45, 2.75) is 76.2 Å². The summed E-state index contributed by atoms with van der Waals surface area (Å²) in [7, 11) is 0. The molecule has 0 saturated carbocycles. The molecule has 1 aromatic rings. The van der Waals surface area contributed by atoms with Gasteiger partial charge < -0.3 is 14.9 Å². The highest BCUT2D eigenvalue weighted by atomic mass is 32.2. The summed E-state index contributed by atoms with van der Waals surface area (Å²) in [5, 5.41) is 11.0. The Hall–Kier alpha value is -0.500. The number of benzene rings is 1. The molecule has 2 aliphatic heterocycles. The van der Waals surface area contributed by atoms with Crippen LogP contribution in [0.2, 0.25) is 0 Å². The van der Waals surface area contributed by atoms with Gasteiger partial charge in [-0.1, -0.05) is 80.9 Å². The molecule has 0 amide bonds. The van der Waals surface area contributed by atoms with E-state index >= 15 is 0 Å². The fraction of sp³-hybridized carbons (Fsp3) is 0.667.